The quantitative estimate of drug-likeness (QED) is 0.290. The summed E-state index contributed by atoms with van der Waals surface area (Å²) in [6, 6.07) is 21.4. The lowest BCUT2D eigenvalue weighted by Gasteiger charge is -2.14. The highest BCUT2D eigenvalue weighted by molar-refractivity contribution is 6.30. The Bertz CT molecular complexity index is 1450. The molecule has 0 radical (unpaired) electrons. The zero-order chi connectivity index (χ0) is 22.1. The minimum atomic E-state index is -0.491. The number of carbonyl (C=O) groups excluding carboxylic acids is 1. The van der Waals surface area contributed by atoms with Gasteiger partial charge < -0.3 is 13.7 Å². The SMILES string of the molecule is O=C(Cn1c2ccccc2c(=O)c2ccccc21)OCc1nnc(-c2ccc(Cl)cc2)o1. The van der Waals surface area contributed by atoms with E-state index in [1.807, 2.05) is 24.3 Å². The summed E-state index contributed by atoms with van der Waals surface area (Å²) in [5.41, 5.74) is 1.97. The Morgan fingerprint density at radius 2 is 1.53 bits per heavy atom. The second-order valence-corrected chi connectivity index (χ2v) is 7.55. The highest BCUT2D eigenvalue weighted by atomic mass is 35.5. The molecule has 0 amide bonds. The van der Waals surface area contributed by atoms with Crippen LogP contribution in [0.15, 0.2) is 82.0 Å². The maximum absolute atomic E-state index is 12.8. The number of para-hydroxylation sites is 2. The van der Waals surface area contributed by atoms with Gasteiger partial charge in [0.05, 0.1) is 11.0 Å². The third-order valence-corrected chi connectivity index (χ3v) is 5.33. The molecule has 0 atom stereocenters. The number of benzene rings is 3. The molecule has 0 aliphatic rings. The van der Waals surface area contributed by atoms with Crippen molar-refractivity contribution >= 4 is 39.4 Å². The van der Waals surface area contributed by atoms with E-state index in [1.54, 1.807) is 53.1 Å². The topological polar surface area (TPSA) is 87.2 Å². The molecule has 32 heavy (non-hydrogen) atoms. The van der Waals surface area contributed by atoms with Crippen molar-refractivity contribution in [1.82, 2.24) is 14.8 Å². The van der Waals surface area contributed by atoms with E-state index >= 15 is 0 Å². The first-order valence-corrected chi connectivity index (χ1v) is 10.2. The van der Waals surface area contributed by atoms with Crippen LogP contribution in [0.25, 0.3) is 33.3 Å². The van der Waals surface area contributed by atoms with Gasteiger partial charge in [-0.15, -0.1) is 10.2 Å². The summed E-state index contributed by atoms with van der Waals surface area (Å²) in [4.78, 5) is 25.5. The van der Waals surface area contributed by atoms with Gasteiger partial charge in [-0.2, -0.15) is 0 Å². The zero-order valence-corrected chi connectivity index (χ0v) is 17.5. The van der Waals surface area contributed by atoms with Gasteiger partial charge >= 0.3 is 5.97 Å². The minimum absolute atomic E-state index is 0.0681. The largest absolute Gasteiger partial charge is 0.454 e. The van der Waals surface area contributed by atoms with Crippen molar-refractivity contribution in [2.24, 2.45) is 0 Å². The summed E-state index contributed by atoms with van der Waals surface area (Å²) < 4.78 is 12.7. The molecule has 158 valence electrons. The van der Waals surface area contributed by atoms with Gasteiger partial charge in [-0.1, -0.05) is 35.9 Å². The van der Waals surface area contributed by atoms with E-state index in [4.69, 9.17) is 20.8 Å². The number of hydrogen-bond donors (Lipinski definition) is 0. The van der Waals surface area contributed by atoms with E-state index < -0.39 is 5.97 Å². The van der Waals surface area contributed by atoms with Crippen LogP contribution in [0.5, 0.6) is 0 Å². The van der Waals surface area contributed by atoms with Crippen LogP contribution in [0, 0.1) is 0 Å². The predicted molar refractivity (Wildman–Crippen MR) is 120 cm³/mol. The number of rotatable bonds is 5. The molecule has 0 unspecified atom stereocenters. The lowest BCUT2D eigenvalue weighted by Crippen LogP contribution is -2.18. The molecule has 0 aliphatic carbocycles. The summed E-state index contributed by atoms with van der Waals surface area (Å²) in [5.74, 6) is -0.00164. The molecular formula is C24H16ClN3O4. The molecule has 0 aliphatic heterocycles. The molecule has 0 bridgehead atoms. The van der Waals surface area contributed by atoms with E-state index in [0.717, 1.165) is 0 Å². The zero-order valence-electron chi connectivity index (χ0n) is 16.7. The van der Waals surface area contributed by atoms with Crippen LogP contribution in [-0.2, 0) is 22.7 Å². The van der Waals surface area contributed by atoms with E-state index in [-0.39, 0.29) is 24.5 Å². The van der Waals surface area contributed by atoms with E-state index in [9.17, 15) is 9.59 Å². The van der Waals surface area contributed by atoms with Gasteiger partial charge in [0.15, 0.2) is 12.0 Å². The maximum atomic E-state index is 12.8. The lowest BCUT2D eigenvalue weighted by molar-refractivity contribution is -0.146. The van der Waals surface area contributed by atoms with Gasteiger partial charge in [0.2, 0.25) is 5.89 Å². The molecule has 3 aromatic carbocycles. The molecule has 5 rings (SSSR count). The lowest BCUT2D eigenvalue weighted by atomic mass is 10.1. The standard InChI is InChI=1S/C24H16ClN3O4/c25-16-11-9-15(10-12-16)24-27-26-21(32-24)14-31-22(29)13-28-19-7-3-1-5-17(19)23(30)18-6-2-4-8-20(18)28/h1-12H,13-14H2. The average Bonchev–Trinajstić information content (AvgIpc) is 3.30. The number of fused-ring (bicyclic) bond motifs is 2. The number of aromatic nitrogens is 3. The summed E-state index contributed by atoms with van der Waals surface area (Å²) in [6.45, 7) is -0.227. The number of nitrogens with zero attached hydrogens (tertiary/aromatic N) is 3. The van der Waals surface area contributed by atoms with E-state index in [1.165, 1.54) is 0 Å². The van der Waals surface area contributed by atoms with Crippen LogP contribution in [0.2, 0.25) is 5.02 Å². The smallest absolute Gasteiger partial charge is 0.326 e. The van der Waals surface area contributed by atoms with Crippen molar-refractivity contribution in [1.29, 1.82) is 0 Å². The molecule has 0 fully saturated rings. The van der Waals surface area contributed by atoms with Crippen LogP contribution < -0.4 is 5.43 Å². The Balaban J connectivity index is 1.37. The number of ether oxygens (including phenoxy) is 1. The van der Waals surface area contributed by atoms with Crippen LogP contribution >= 0.6 is 11.6 Å². The number of halogens is 1. The average molecular weight is 446 g/mol. The molecule has 0 spiro atoms. The third kappa shape index (κ3) is 3.74. The normalized spacial score (nSPS) is 11.2. The summed E-state index contributed by atoms with van der Waals surface area (Å²) >= 11 is 5.89. The highest BCUT2D eigenvalue weighted by Gasteiger charge is 2.15. The van der Waals surface area contributed by atoms with Crippen molar-refractivity contribution in [3.05, 3.63) is 93.9 Å². The van der Waals surface area contributed by atoms with Gasteiger partial charge in [-0.3, -0.25) is 9.59 Å². The van der Waals surface area contributed by atoms with Gasteiger partial charge in [0.1, 0.15) is 6.54 Å². The van der Waals surface area contributed by atoms with Crippen LogP contribution in [0.3, 0.4) is 0 Å². The first-order chi connectivity index (χ1) is 15.6. The molecule has 7 nitrogen and oxygen atoms in total. The Labute approximate surface area is 186 Å². The van der Waals surface area contributed by atoms with Gasteiger partial charge in [0, 0.05) is 21.4 Å². The fourth-order valence-electron chi connectivity index (χ4n) is 3.59. The summed E-state index contributed by atoms with van der Waals surface area (Å²) in [6.07, 6.45) is 0. The minimum Gasteiger partial charge on any atom is -0.454 e. The number of carbonyl (C=O) groups is 1. The molecule has 8 heteroatoms. The van der Waals surface area contributed by atoms with Gasteiger partial charge in [0.25, 0.3) is 5.89 Å². The molecule has 2 heterocycles. The number of pyridine rings is 1. The highest BCUT2D eigenvalue weighted by Crippen LogP contribution is 2.21. The summed E-state index contributed by atoms with van der Waals surface area (Å²) in [7, 11) is 0. The van der Waals surface area contributed by atoms with Crippen LogP contribution in [0.4, 0.5) is 0 Å². The number of esters is 1. The fourth-order valence-corrected chi connectivity index (χ4v) is 3.71. The fraction of sp³-hybridized carbons (Fsp3) is 0.0833. The van der Waals surface area contributed by atoms with Gasteiger partial charge in [-0.25, -0.2) is 0 Å². The van der Waals surface area contributed by atoms with Crippen molar-refractivity contribution < 1.29 is 13.9 Å². The molecule has 2 aromatic heterocycles. The Hall–Kier alpha value is -3.97. The van der Waals surface area contributed by atoms with E-state index in [0.29, 0.717) is 38.3 Å². The predicted octanol–water partition coefficient (Wildman–Crippen LogP) is 4.60. The van der Waals surface area contributed by atoms with Crippen LogP contribution in [-0.4, -0.2) is 20.7 Å². The second-order valence-electron chi connectivity index (χ2n) is 7.12. The second kappa shape index (κ2) is 8.28. The maximum Gasteiger partial charge on any atom is 0.326 e. The van der Waals surface area contributed by atoms with Crippen LogP contribution in [0.1, 0.15) is 5.89 Å². The Kier molecular flexibility index (Phi) is 5.17. The Morgan fingerprint density at radius 1 is 0.906 bits per heavy atom. The van der Waals surface area contributed by atoms with Crippen molar-refractivity contribution in [3.8, 4) is 11.5 Å². The molecule has 0 N–H and O–H groups in total. The Morgan fingerprint density at radius 3 is 2.19 bits per heavy atom. The first-order valence-electron chi connectivity index (χ1n) is 9.84. The molecular weight excluding hydrogens is 430 g/mol. The van der Waals surface area contributed by atoms with Crippen molar-refractivity contribution in [2.75, 3.05) is 0 Å². The monoisotopic (exact) mass is 445 g/mol. The summed E-state index contributed by atoms with van der Waals surface area (Å²) in [5, 5.41) is 9.60. The van der Waals surface area contributed by atoms with E-state index in [2.05, 4.69) is 10.2 Å². The first kappa shape index (κ1) is 20.0. The molecule has 5 aromatic rings. The molecule has 0 saturated heterocycles. The molecule has 0 saturated carbocycles. The number of hydrogen-bond acceptors (Lipinski definition) is 6. The van der Waals surface area contributed by atoms with Crippen molar-refractivity contribution in [2.45, 2.75) is 13.2 Å². The van der Waals surface area contributed by atoms with Crippen molar-refractivity contribution in [3.63, 3.8) is 0 Å². The third-order valence-electron chi connectivity index (χ3n) is 5.08. The van der Waals surface area contributed by atoms with Gasteiger partial charge in [-0.05, 0) is 48.5 Å².